The van der Waals surface area contributed by atoms with E-state index < -0.39 is 0 Å². The Kier molecular flexibility index (Phi) is 4.17. The number of fused-ring (bicyclic) bond motifs is 2. The van der Waals surface area contributed by atoms with Crippen LogP contribution < -0.4 is 14.4 Å². The number of hydrogen-bond acceptors (Lipinski definition) is 5. The number of hydrogen-bond donors (Lipinski definition) is 0. The Morgan fingerprint density at radius 3 is 2.56 bits per heavy atom. The highest BCUT2D eigenvalue weighted by molar-refractivity contribution is 5.55. The van der Waals surface area contributed by atoms with E-state index in [1.54, 1.807) is 6.33 Å². The molecule has 25 heavy (non-hydrogen) atoms. The van der Waals surface area contributed by atoms with Crippen LogP contribution in [0.3, 0.4) is 0 Å². The smallest absolute Gasteiger partial charge is 0.162 e. The van der Waals surface area contributed by atoms with Crippen LogP contribution in [0.25, 0.3) is 5.65 Å². The number of aromatic nitrogens is 3. The molecule has 6 nitrogen and oxygen atoms in total. The van der Waals surface area contributed by atoms with Crippen molar-refractivity contribution in [3.63, 3.8) is 0 Å². The molecule has 3 heterocycles. The van der Waals surface area contributed by atoms with Gasteiger partial charge < -0.3 is 14.4 Å². The third-order valence-electron chi connectivity index (χ3n) is 4.51. The average molecular weight is 338 g/mol. The molecule has 0 saturated carbocycles. The van der Waals surface area contributed by atoms with Crippen molar-refractivity contribution in [2.75, 3.05) is 24.7 Å². The van der Waals surface area contributed by atoms with Gasteiger partial charge in [0.1, 0.15) is 12.1 Å². The molecule has 6 heteroatoms. The first-order chi connectivity index (χ1) is 12.3. The zero-order valence-electron chi connectivity index (χ0n) is 14.6. The lowest BCUT2D eigenvalue weighted by atomic mass is 9.98. The number of rotatable bonds is 5. The van der Waals surface area contributed by atoms with E-state index >= 15 is 0 Å². The first-order valence-electron chi connectivity index (χ1n) is 8.75. The predicted molar refractivity (Wildman–Crippen MR) is 96.5 cm³/mol. The van der Waals surface area contributed by atoms with Gasteiger partial charge in [0, 0.05) is 13.1 Å². The van der Waals surface area contributed by atoms with Gasteiger partial charge in [0.05, 0.1) is 13.2 Å². The summed E-state index contributed by atoms with van der Waals surface area (Å²) in [7, 11) is 0. The fourth-order valence-electron chi connectivity index (χ4n) is 3.39. The van der Waals surface area contributed by atoms with Gasteiger partial charge in [0.2, 0.25) is 0 Å². The van der Waals surface area contributed by atoms with E-state index in [4.69, 9.17) is 9.47 Å². The first-order valence-corrected chi connectivity index (χ1v) is 8.75. The quantitative estimate of drug-likeness (QED) is 0.715. The fraction of sp³-hybridized carbons (Fsp3) is 0.368. The zero-order chi connectivity index (χ0) is 17.2. The van der Waals surface area contributed by atoms with Crippen LogP contribution in [-0.2, 0) is 13.0 Å². The maximum absolute atomic E-state index is 5.79. The normalized spacial score (nSPS) is 13.8. The van der Waals surface area contributed by atoms with Gasteiger partial charge in [-0.05, 0) is 55.7 Å². The molecule has 3 aromatic rings. The van der Waals surface area contributed by atoms with Gasteiger partial charge in [-0.15, -0.1) is 10.2 Å². The molecule has 130 valence electrons. The van der Waals surface area contributed by atoms with E-state index in [1.165, 1.54) is 11.1 Å². The van der Waals surface area contributed by atoms with E-state index in [1.807, 2.05) is 30.4 Å². The summed E-state index contributed by atoms with van der Waals surface area (Å²) in [5.74, 6) is 2.78. The first kappa shape index (κ1) is 15.7. The molecule has 0 spiro atoms. The highest BCUT2D eigenvalue weighted by Gasteiger charge is 2.21. The highest BCUT2D eigenvalue weighted by atomic mass is 16.5. The molecule has 0 saturated heterocycles. The van der Waals surface area contributed by atoms with Crippen LogP contribution in [-0.4, -0.2) is 34.4 Å². The Morgan fingerprint density at radius 1 is 1.04 bits per heavy atom. The summed E-state index contributed by atoms with van der Waals surface area (Å²) in [6.07, 6.45) is 2.74. The Bertz CT molecular complexity index is 890. The topological polar surface area (TPSA) is 51.9 Å². The number of nitrogens with zero attached hydrogens (tertiary/aromatic N) is 4. The van der Waals surface area contributed by atoms with Gasteiger partial charge >= 0.3 is 0 Å². The number of pyridine rings is 1. The summed E-state index contributed by atoms with van der Waals surface area (Å²) in [5, 5.41) is 8.16. The maximum atomic E-state index is 5.79. The molecule has 1 aliphatic heterocycles. The molecule has 2 aromatic heterocycles. The highest BCUT2D eigenvalue weighted by Crippen LogP contribution is 2.35. The van der Waals surface area contributed by atoms with Gasteiger partial charge in [-0.1, -0.05) is 6.07 Å². The van der Waals surface area contributed by atoms with Gasteiger partial charge in [-0.25, -0.2) is 0 Å². The van der Waals surface area contributed by atoms with Gasteiger partial charge in [0.15, 0.2) is 17.1 Å². The van der Waals surface area contributed by atoms with Crippen molar-refractivity contribution in [3.05, 3.63) is 47.8 Å². The third-order valence-corrected chi connectivity index (χ3v) is 4.51. The molecule has 1 aromatic carbocycles. The van der Waals surface area contributed by atoms with Crippen LogP contribution in [0.15, 0.2) is 36.7 Å². The van der Waals surface area contributed by atoms with Crippen LogP contribution in [0, 0.1) is 0 Å². The van der Waals surface area contributed by atoms with Crippen LogP contribution in [0.1, 0.15) is 25.0 Å². The monoisotopic (exact) mass is 338 g/mol. The van der Waals surface area contributed by atoms with Crippen molar-refractivity contribution < 1.29 is 9.47 Å². The molecule has 4 rings (SSSR count). The molecule has 0 N–H and O–H groups in total. The van der Waals surface area contributed by atoms with E-state index in [9.17, 15) is 0 Å². The maximum Gasteiger partial charge on any atom is 0.162 e. The zero-order valence-corrected chi connectivity index (χ0v) is 14.6. The largest absolute Gasteiger partial charge is 0.490 e. The molecule has 1 aliphatic rings. The lowest BCUT2D eigenvalue weighted by Crippen LogP contribution is -2.31. The van der Waals surface area contributed by atoms with Crippen molar-refractivity contribution in [2.24, 2.45) is 0 Å². The minimum atomic E-state index is 0.628. The second-order valence-corrected chi connectivity index (χ2v) is 6.05. The second kappa shape index (κ2) is 6.63. The lowest BCUT2D eigenvalue weighted by Gasteiger charge is -2.31. The van der Waals surface area contributed by atoms with Crippen LogP contribution >= 0.6 is 0 Å². The van der Waals surface area contributed by atoms with Gasteiger partial charge in [0.25, 0.3) is 0 Å². The lowest BCUT2D eigenvalue weighted by molar-refractivity contribution is 0.287. The number of anilines is 1. The Morgan fingerprint density at radius 2 is 1.80 bits per heavy atom. The minimum Gasteiger partial charge on any atom is -0.490 e. The molecule has 0 amide bonds. The standard InChI is InChI=1S/C19H22N4O2/c1-3-24-16-10-14-8-9-22(12-15(14)11-17(16)25-4-2)19-7-5-6-18-21-20-13-23(18)19/h5-7,10-11,13H,3-4,8-9,12H2,1-2H3. The summed E-state index contributed by atoms with van der Waals surface area (Å²) >= 11 is 0. The van der Waals surface area contributed by atoms with Crippen molar-refractivity contribution in [1.29, 1.82) is 0 Å². The van der Waals surface area contributed by atoms with Crippen molar-refractivity contribution in [3.8, 4) is 11.5 Å². The Balaban J connectivity index is 1.68. The predicted octanol–water partition coefficient (Wildman–Crippen LogP) is 3.09. The van der Waals surface area contributed by atoms with Crippen LogP contribution in [0.4, 0.5) is 5.82 Å². The Hall–Kier alpha value is -2.76. The molecule has 0 fully saturated rings. The van der Waals surface area contributed by atoms with Gasteiger partial charge in [-0.3, -0.25) is 4.40 Å². The van der Waals surface area contributed by atoms with E-state index in [0.29, 0.717) is 13.2 Å². The van der Waals surface area contributed by atoms with Crippen molar-refractivity contribution in [1.82, 2.24) is 14.6 Å². The van der Waals surface area contributed by atoms with Crippen LogP contribution in [0.2, 0.25) is 0 Å². The number of ether oxygens (including phenoxy) is 2. The van der Waals surface area contributed by atoms with Crippen molar-refractivity contribution >= 4 is 11.5 Å². The van der Waals surface area contributed by atoms with Gasteiger partial charge in [-0.2, -0.15) is 0 Å². The summed E-state index contributed by atoms with van der Waals surface area (Å²) in [6, 6.07) is 10.4. The fourth-order valence-corrected chi connectivity index (χ4v) is 3.39. The molecule has 0 bridgehead atoms. The molecular weight excluding hydrogens is 316 g/mol. The molecule has 0 radical (unpaired) electrons. The minimum absolute atomic E-state index is 0.628. The average Bonchev–Trinajstić information content (AvgIpc) is 3.11. The third kappa shape index (κ3) is 2.88. The molecule has 0 unspecified atom stereocenters. The van der Waals surface area contributed by atoms with E-state index in [2.05, 4.69) is 33.3 Å². The second-order valence-electron chi connectivity index (χ2n) is 6.05. The van der Waals surface area contributed by atoms with E-state index in [0.717, 1.165) is 42.5 Å². The molecule has 0 aliphatic carbocycles. The van der Waals surface area contributed by atoms with Crippen molar-refractivity contribution in [2.45, 2.75) is 26.8 Å². The molecule has 0 atom stereocenters. The number of benzene rings is 1. The molecular formula is C19H22N4O2. The summed E-state index contributed by atoms with van der Waals surface area (Å²) < 4.78 is 13.6. The van der Waals surface area contributed by atoms with Crippen LogP contribution in [0.5, 0.6) is 11.5 Å². The summed E-state index contributed by atoms with van der Waals surface area (Å²) in [6.45, 7) is 7.04. The van der Waals surface area contributed by atoms with E-state index in [-0.39, 0.29) is 0 Å². The Labute approximate surface area is 147 Å². The summed E-state index contributed by atoms with van der Waals surface area (Å²) in [4.78, 5) is 2.36. The SMILES string of the molecule is CCOc1cc2c(cc1OCC)CN(c1cccc3nncn13)CC2. The summed E-state index contributed by atoms with van der Waals surface area (Å²) in [5.41, 5.74) is 3.48.